The van der Waals surface area contributed by atoms with Gasteiger partial charge in [0.2, 0.25) is 0 Å². The smallest absolute Gasteiger partial charge is 0.161 e. The molecule has 1 aromatic heterocycles. The van der Waals surface area contributed by atoms with Crippen molar-refractivity contribution < 1.29 is 9.18 Å². The van der Waals surface area contributed by atoms with E-state index >= 15 is 0 Å². The maximum absolute atomic E-state index is 13.8. The number of para-hydroxylation sites is 1. The summed E-state index contributed by atoms with van der Waals surface area (Å²) in [6.07, 6.45) is 3.80. The van der Waals surface area contributed by atoms with Crippen LogP contribution in [-0.2, 0) is 6.54 Å². The molecule has 0 aliphatic rings. The van der Waals surface area contributed by atoms with Crippen LogP contribution in [0.3, 0.4) is 0 Å². The molecule has 0 N–H and O–H groups in total. The molecule has 0 saturated heterocycles. The molecule has 0 aliphatic heterocycles. The van der Waals surface area contributed by atoms with Crippen LogP contribution in [0.15, 0.2) is 24.4 Å². The molecule has 0 bridgehead atoms. The van der Waals surface area contributed by atoms with E-state index in [0.717, 1.165) is 19.4 Å². The van der Waals surface area contributed by atoms with Crippen molar-refractivity contribution in [3.05, 3.63) is 35.8 Å². The molecule has 17 heavy (non-hydrogen) atoms. The molecule has 1 heterocycles. The summed E-state index contributed by atoms with van der Waals surface area (Å²) in [4.78, 5) is 11.5. The van der Waals surface area contributed by atoms with Gasteiger partial charge in [-0.1, -0.05) is 25.5 Å². The fraction of sp³-hybridized carbons (Fsp3) is 0.357. The van der Waals surface area contributed by atoms with E-state index in [4.69, 9.17) is 0 Å². The molecule has 0 saturated carbocycles. The van der Waals surface area contributed by atoms with Crippen molar-refractivity contribution >= 4 is 16.7 Å². The van der Waals surface area contributed by atoms with Gasteiger partial charge in [-0.15, -0.1) is 0 Å². The first-order valence-electron chi connectivity index (χ1n) is 5.93. The van der Waals surface area contributed by atoms with Crippen molar-refractivity contribution in [3.8, 4) is 0 Å². The third kappa shape index (κ3) is 2.09. The van der Waals surface area contributed by atoms with E-state index < -0.39 is 0 Å². The summed E-state index contributed by atoms with van der Waals surface area (Å²) in [6, 6.07) is 4.89. The maximum atomic E-state index is 13.8. The Hall–Kier alpha value is -1.64. The average Bonchev–Trinajstić information content (AvgIpc) is 2.67. The molecule has 0 radical (unpaired) electrons. The zero-order valence-corrected chi connectivity index (χ0v) is 10.2. The highest BCUT2D eigenvalue weighted by Crippen LogP contribution is 2.24. The van der Waals surface area contributed by atoms with Gasteiger partial charge in [0.05, 0.1) is 5.52 Å². The van der Waals surface area contributed by atoms with Crippen LogP contribution < -0.4 is 0 Å². The molecule has 2 nitrogen and oxygen atoms in total. The SMILES string of the molecule is CCCCn1cc(C(C)=O)c2cccc(F)c21. The van der Waals surface area contributed by atoms with Crippen molar-refractivity contribution in [1.29, 1.82) is 0 Å². The molecule has 2 rings (SSSR count). The van der Waals surface area contributed by atoms with E-state index in [9.17, 15) is 9.18 Å². The lowest BCUT2D eigenvalue weighted by Gasteiger charge is -2.04. The van der Waals surface area contributed by atoms with Crippen molar-refractivity contribution in [2.45, 2.75) is 33.2 Å². The second-order valence-electron chi connectivity index (χ2n) is 4.28. The van der Waals surface area contributed by atoms with Gasteiger partial charge in [-0.2, -0.15) is 0 Å². The number of halogens is 1. The molecule has 0 unspecified atom stereocenters. The normalized spacial score (nSPS) is 11.0. The minimum Gasteiger partial charge on any atom is -0.344 e. The molecule has 1 aromatic carbocycles. The topological polar surface area (TPSA) is 22.0 Å². The zero-order valence-electron chi connectivity index (χ0n) is 10.2. The number of hydrogen-bond acceptors (Lipinski definition) is 1. The van der Waals surface area contributed by atoms with Crippen LogP contribution in [0.4, 0.5) is 4.39 Å². The standard InChI is InChI=1S/C14H16FNO/c1-3-4-8-16-9-12(10(2)17)11-6-5-7-13(15)14(11)16/h5-7,9H,3-4,8H2,1-2H3. The monoisotopic (exact) mass is 233 g/mol. The first-order chi connectivity index (χ1) is 8.15. The summed E-state index contributed by atoms with van der Waals surface area (Å²) in [5.74, 6) is -0.276. The van der Waals surface area contributed by atoms with Crippen LogP contribution in [0.25, 0.3) is 10.9 Å². The Labute approximate surface area is 100 Å². The molecule has 0 fully saturated rings. The molecular formula is C14H16FNO. The Morgan fingerprint density at radius 1 is 1.41 bits per heavy atom. The van der Waals surface area contributed by atoms with Crippen molar-refractivity contribution in [2.75, 3.05) is 0 Å². The number of aromatic nitrogens is 1. The fourth-order valence-corrected chi connectivity index (χ4v) is 2.10. The first-order valence-corrected chi connectivity index (χ1v) is 5.93. The summed E-state index contributed by atoms with van der Waals surface area (Å²) in [5, 5.41) is 0.716. The minimum atomic E-state index is -0.258. The van der Waals surface area contributed by atoms with Crippen molar-refractivity contribution in [1.82, 2.24) is 4.57 Å². The van der Waals surface area contributed by atoms with Gasteiger partial charge in [-0.05, 0) is 19.4 Å². The highest BCUT2D eigenvalue weighted by atomic mass is 19.1. The van der Waals surface area contributed by atoms with Gasteiger partial charge in [0.15, 0.2) is 5.78 Å². The van der Waals surface area contributed by atoms with Gasteiger partial charge >= 0.3 is 0 Å². The summed E-state index contributed by atoms with van der Waals surface area (Å²) >= 11 is 0. The van der Waals surface area contributed by atoms with Gasteiger partial charge in [0.25, 0.3) is 0 Å². The number of fused-ring (bicyclic) bond motifs is 1. The summed E-state index contributed by atoms with van der Waals surface area (Å²) in [5.41, 5.74) is 1.15. The number of ketones is 1. The molecule has 90 valence electrons. The van der Waals surface area contributed by atoms with Gasteiger partial charge in [-0.3, -0.25) is 4.79 Å². The number of hydrogen-bond donors (Lipinski definition) is 0. The summed E-state index contributed by atoms with van der Waals surface area (Å²) in [7, 11) is 0. The Morgan fingerprint density at radius 3 is 2.82 bits per heavy atom. The lowest BCUT2D eigenvalue weighted by molar-refractivity contribution is 0.101. The predicted molar refractivity (Wildman–Crippen MR) is 66.8 cm³/mol. The van der Waals surface area contributed by atoms with Crippen LogP contribution in [0.2, 0.25) is 0 Å². The zero-order chi connectivity index (χ0) is 12.4. The van der Waals surface area contributed by atoms with Crippen LogP contribution in [0.1, 0.15) is 37.0 Å². The maximum Gasteiger partial charge on any atom is 0.161 e. The molecule has 0 amide bonds. The van der Waals surface area contributed by atoms with Crippen LogP contribution in [-0.4, -0.2) is 10.4 Å². The van der Waals surface area contributed by atoms with Crippen molar-refractivity contribution in [2.24, 2.45) is 0 Å². The number of aryl methyl sites for hydroxylation is 1. The second kappa shape index (κ2) is 4.70. The summed E-state index contributed by atoms with van der Waals surface area (Å²) < 4.78 is 15.7. The van der Waals surface area contributed by atoms with E-state index in [1.165, 1.54) is 13.0 Å². The number of Topliss-reactive ketones (excluding diaryl/α,β-unsaturated/α-hetero) is 1. The highest BCUT2D eigenvalue weighted by Gasteiger charge is 2.14. The van der Waals surface area contributed by atoms with Gasteiger partial charge in [-0.25, -0.2) is 4.39 Å². The molecular weight excluding hydrogens is 217 g/mol. The van der Waals surface area contributed by atoms with Crippen molar-refractivity contribution in [3.63, 3.8) is 0 Å². The number of carbonyl (C=O) groups excluding carboxylic acids is 1. The second-order valence-corrected chi connectivity index (χ2v) is 4.28. The minimum absolute atomic E-state index is 0.0177. The Morgan fingerprint density at radius 2 is 2.18 bits per heavy atom. The lowest BCUT2D eigenvalue weighted by atomic mass is 10.1. The molecule has 3 heteroatoms. The van der Waals surface area contributed by atoms with Gasteiger partial charge < -0.3 is 4.57 Å². The predicted octanol–water partition coefficient (Wildman–Crippen LogP) is 3.78. The number of nitrogens with zero attached hydrogens (tertiary/aromatic N) is 1. The van der Waals surface area contributed by atoms with E-state index in [1.54, 1.807) is 18.3 Å². The molecule has 0 atom stereocenters. The quantitative estimate of drug-likeness (QED) is 0.736. The highest BCUT2D eigenvalue weighted by molar-refractivity contribution is 6.07. The van der Waals surface area contributed by atoms with Gasteiger partial charge in [0.1, 0.15) is 5.82 Å². The van der Waals surface area contributed by atoms with E-state index in [1.807, 2.05) is 4.57 Å². The third-order valence-corrected chi connectivity index (χ3v) is 2.98. The Kier molecular flexibility index (Phi) is 3.27. The van der Waals surface area contributed by atoms with E-state index in [2.05, 4.69) is 6.92 Å². The van der Waals surface area contributed by atoms with Gasteiger partial charge in [0, 0.05) is 23.7 Å². The number of benzene rings is 1. The summed E-state index contributed by atoms with van der Waals surface area (Å²) in [6.45, 7) is 4.36. The Bertz CT molecular complexity index is 557. The van der Waals surface area contributed by atoms with Crippen LogP contribution in [0.5, 0.6) is 0 Å². The molecule has 2 aromatic rings. The largest absolute Gasteiger partial charge is 0.344 e. The van der Waals surface area contributed by atoms with Crippen LogP contribution >= 0.6 is 0 Å². The van der Waals surface area contributed by atoms with E-state index in [-0.39, 0.29) is 11.6 Å². The lowest BCUT2D eigenvalue weighted by Crippen LogP contribution is -1.97. The Balaban J connectivity index is 2.63. The third-order valence-electron chi connectivity index (χ3n) is 2.98. The first kappa shape index (κ1) is 11.8. The number of unbranched alkanes of at least 4 members (excludes halogenated alkanes) is 1. The van der Waals surface area contributed by atoms with Crippen LogP contribution in [0, 0.1) is 5.82 Å². The fourth-order valence-electron chi connectivity index (χ4n) is 2.10. The average molecular weight is 233 g/mol. The number of carbonyl (C=O) groups is 1. The number of rotatable bonds is 4. The molecule has 0 spiro atoms. The molecule has 0 aliphatic carbocycles. The van der Waals surface area contributed by atoms with E-state index in [0.29, 0.717) is 16.5 Å².